The molecule has 0 aliphatic rings. The van der Waals surface area contributed by atoms with Gasteiger partial charge in [0.25, 0.3) is 0 Å². The minimum absolute atomic E-state index is 0.739. The molecule has 0 atom stereocenters. The third kappa shape index (κ3) is 2.52. The van der Waals surface area contributed by atoms with Crippen LogP contribution < -0.4 is 5.32 Å². The van der Waals surface area contributed by atoms with Crippen LogP contribution in [0, 0.1) is 6.92 Å². The standard InChI is InChI=1S/C13H14N6/c1-9-13(14-7-6-12-15-8-16-19-12)18-11-5-3-2-4-10(11)17-9/h2-5,8H,6-7H2,1H3,(H,14,18)(H,15,16,19). The third-order valence-electron chi connectivity index (χ3n) is 2.86. The molecule has 0 saturated carbocycles. The molecule has 6 nitrogen and oxygen atoms in total. The van der Waals surface area contributed by atoms with Crippen molar-refractivity contribution in [2.24, 2.45) is 0 Å². The van der Waals surface area contributed by atoms with E-state index in [1.54, 1.807) is 0 Å². The minimum Gasteiger partial charge on any atom is -0.368 e. The van der Waals surface area contributed by atoms with Crippen LogP contribution in [0.4, 0.5) is 5.82 Å². The maximum absolute atomic E-state index is 4.57. The summed E-state index contributed by atoms with van der Waals surface area (Å²) in [6, 6.07) is 7.86. The van der Waals surface area contributed by atoms with Crippen LogP contribution in [-0.2, 0) is 6.42 Å². The van der Waals surface area contributed by atoms with Crippen LogP contribution in [0.1, 0.15) is 11.5 Å². The molecule has 0 spiro atoms. The van der Waals surface area contributed by atoms with Crippen molar-refractivity contribution in [2.75, 3.05) is 11.9 Å². The van der Waals surface area contributed by atoms with Crippen LogP contribution in [0.5, 0.6) is 0 Å². The summed E-state index contributed by atoms with van der Waals surface area (Å²) in [5.41, 5.74) is 2.72. The second kappa shape index (κ2) is 5.01. The first kappa shape index (κ1) is 11.6. The summed E-state index contributed by atoms with van der Waals surface area (Å²) in [5.74, 6) is 1.68. The summed E-state index contributed by atoms with van der Waals surface area (Å²) in [6.45, 7) is 2.69. The number of benzene rings is 1. The molecule has 0 radical (unpaired) electrons. The van der Waals surface area contributed by atoms with E-state index in [0.717, 1.165) is 41.3 Å². The van der Waals surface area contributed by atoms with Gasteiger partial charge in [-0.2, -0.15) is 5.10 Å². The van der Waals surface area contributed by atoms with Crippen molar-refractivity contribution in [3.63, 3.8) is 0 Å². The number of aromatic amines is 1. The predicted octanol–water partition coefficient (Wildman–Crippen LogP) is 1.71. The number of fused-ring (bicyclic) bond motifs is 1. The Bertz CT molecular complexity index is 677. The monoisotopic (exact) mass is 254 g/mol. The number of anilines is 1. The summed E-state index contributed by atoms with van der Waals surface area (Å²) in [5, 5.41) is 9.93. The van der Waals surface area contributed by atoms with E-state index < -0.39 is 0 Å². The van der Waals surface area contributed by atoms with E-state index in [-0.39, 0.29) is 0 Å². The number of nitrogens with zero attached hydrogens (tertiary/aromatic N) is 4. The molecular formula is C13H14N6. The highest BCUT2D eigenvalue weighted by atomic mass is 15.2. The van der Waals surface area contributed by atoms with Crippen LogP contribution >= 0.6 is 0 Å². The van der Waals surface area contributed by atoms with Crippen molar-refractivity contribution < 1.29 is 0 Å². The first-order valence-corrected chi connectivity index (χ1v) is 6.14. The maximum Gasteiger partial charge on any atom is 0.148 e. The van der Waals surface area contributed by atoms with E-state index in [2.05, 4.69) is 30.5 Å². The van der Waals surface area contributed by atoms with E-state index in [1.807, 2.05) is 31.2 Å². The maximum atomic E-state index is 4.57. The molecule has 1 aromatic carbocycles. The van der Waals surface area contributed by atoms with Crippen molar-refractivity contribution in [2.45, 2.75) is 13.3 Å². The molecule has 2 heterocycles. The third-order valence-corrected chi connectivity index (χ3v) is 2.86. The highest BCUT2D eigenvalue weighted by Crippen LogP contribution is 2.15. The summed E-state index contributed by atoms with van der Waals surface area (Å²) in [6.07, 6.45) is 2.28. The zero-order chi connectivity index (χ0) is 13.1. The van der Waals surface area contributed by atoms with Crippen molar-refractivity contribution >= 4 is 16.9 Å². The first-order valence-electron chi connectivity index (χ1n) is 6.14. The van der Waals surface area contributed by atoms with Gasteiger partial charge in [0, 0.05) is 13.0 Å². The molecule has 2 aromatic heterocycles. The second-order valence-corrected chi connectivity index (χ2v) is 4.26. The van der Waals surface area contributed by atoms with E-state index in [4.69, 9.17) is 0 Å². The molecule has 0 amide bonds. The number of hydrogen-bond acceptors (Lipinski definition) is 5. The van der Waals surface area contributed by atoms with Gasteiger partial charge in [-0.05, 0) is 19.1 Å². The summed E-state index contributed by atoms with van der Waals surface area (Å²) < 4.78 is 0. The fraction of sp³-hybridized carbons (Fsp3) is 0.231. The lowest BCUT2D eigenvalue weighted by molar-refractivity contribution is 0.895. The molecule has 96 valence electrons. The van der Waals surface area contributed by atoms with Crippen molar-refractivity contribution in [3.8, 4) is 0 Å². The SMILES string of the molecule is Cc1nc2ccccc2nc1NCCc1ncn[nH]1. The van der Waals surface area contributed by atoms with E-state index >= 15 is 0 Å². The zero-order valence-electron chi connectivity index (χ0n) is 10.6. The molecule has 19 heavy (non-hydrogen) atoms. The van der Waals surface area contributed by atoms with Gasteiger partial charge >= 0.3 is 0 Å². The zero-order valence-corrected chi connectivity index (χ0v) is 10.6. The highest BCUT2D eigenvalue weighted by molar-refractivity contribution is 5.76. The molecule has 2 N–H and O–H groups in total. The smallest absolute Gasteiger partial charge is 0.148 e. The number of aryl methyl sites for hydroxylation is 1. The lowest BCUT2D eigenvalue weighted by Crippen LogP contribution is -2.09. The number of rotatable bonds is 4. The molecule has 3 rings (SSSR count). The topological polar surface area (TPSA) is 79.4 Å². The molecular weight excluding hydrogens is 240 g/mol. The van der Waals surface area contributed by atoms with Crippen LogP contribution in [-0.4, -0.2) is 31.7 Å². The molecule has 0 saturated heterocycles. The Morgan fingerprint density at radius 3 is 2.68 bits per heavy atom. The minimum atomic E-state index is 0.739. The van der Waals surface area contributed by atoms with Gasteiger partial charge in [0.1, 0.15) is 18.0 Å². The highest BCUT2D eigenvalue weighted by Gasteiger charge is 2.04. The Morgan fingerprint density at radius 2 is 1.95 bits per heavy atom. The molecule has 6 heteroatoms. The number of H-pyrrole nitrogens is 1. The lowest BCUT2D eigenvalue weighted by Gasteiger charge is -2.08. The average molecular weight is 254 g/mol. The van der Waals surface area contributed by atoms with Crippen LogP contribution in [0.15, 0.2) is 30.6 Å². The van der Waals surface area contributed by atoms with E-state index in [0.29, 0.717) is 0 Å². The van der Waals surface area contributed by atoms with Gasteiger partial charge in [-0.25, -0.2) is 15.0 Å². The quantitative estimate of drug-likeness (QED) is 0.741. The molecule has 0 bridgehead atoms. The van der Waals surface area contributed by atoms with Gasteiger partial charge in [-0.1, -0.05) is 12.1 Å². The molecule has 3 aromatic rings. The summed E-state index contributed by atoms with van der Waals surface area (Å²) >= 11 is 0. The van der Waals surface area contributed by atoms with Gasteiger partial charge in [0.2, 0.25) is 0 Å². The second-order valence-electron chi connectivity index (χ2n) is 4.26. The van der Waals surface area contributed by atoms with Gasteiger partial charge < -0.3 is 5.32 Å². The Morgan fingerprint density at radius 1 is 1.16 bits per heavy atom. The lowest BCUT2D eigenvalue weighted by atomic mass is 10.3. The van der Waals surface area contributed by atoms with Gasteiger partial charge in [0.05, 0.1) is 16.7 Å². The van der Waals surface area contributed by atoms with Crippen LogP contribution in [0.25, 0.3) is 11.0 Å². The fourth-order valence-electron chi connectivity index (χ4n) is 1.91. The normalized spacial score (nSPS) is 10.8. The predicted molar refractivity (Wildman–Crippen MR) is 72.9 cm³/mol. The van der Waals surface area contributed by atoms with Crippen molar-refractivity contribution in [1.82, 2.24) is 25.1 Å². The molecule has 0 fully saturated rings. The Balaban J connectivity index is 1.75. The Labute approximate surface area is 110 Å². The Hall–Kier alpha value is -2.50. The molecule has 0 aliphatic carbocycles. The van der Waals surface area contributed by atoms with Crippen molar-refractivity contribution in [1.29, 1.82) is 0 Å². The molecule has 0 aliphatic heterocycles. The fourth-order valence-corrected chi connectivity index (χ4v) is 1.91. The van der Waals surface area contributed by atoms with E-state index in [1.165, 1.54) is 6.33 Å². The molecule has 0 unspecified atom stereocenters. The van der Waals surface area contributed by atoms with Gasteiger partial charge in [-0.15, -0.1) is 0 Å². The number of hydrogen-bond donors (Lipinski definition) is 2. The number of aromatic nitrogens is 5. The van der Waals surface area contributed by atoms with Gasteiger partial charge in [0.15, 0.2) is 0 Å². The van der Waals surface area contributed by atoms with Gasteiger partial charge in [-0.3, -0.25) is 5.10 Å². The summed E-state index contributed by atoms with van der Waals surface area (Å²) in [4.78, 5) is 13.2. The van der Waals surface area contributed by atoms with Crippen LogP contribution in [0.2, 0.25) is 0 Å². The van der Waals surface area contributed by atoms with E-state index in [9.17, 15) is 0 Å². The average Bonchev–Trinajstić information content (AvgIpc) is 2.92. The van der Waals surface area contributed by atoms with Crippen LogP contribution in [0.3, 0.4) is 0 Å². The number of nitrogens with one attached hydrogen (secondary N) is 2. The summed E-state index contributed by atoms with van der Waals surface area (Å²) in [7, 11) is 0. The number of para-hydroxylation sites is 2. The largest absolute Gasteiger partial charge is 0.368 e. The first-order chi connectivity index (χ1) is 9.33. The Kier molecular flexibility index (Phi) is 3.06. The van der Waals surface area contributed by atoms with Crippen molar-refractivity contribution in [3.05, 3.63) is 42.1 Å².